The van der Waals surface area contributed by atoms with Gasteiger partial charge in [0.2, 0.25) is 0 Å². The normalized spacial score (nSPS) is 15.5. The maximum absolute atomic E-state index is 6.33. The van der Waals surface area contributed by atoms with Crippen molar-refractivity contribution in [3.63, 3.8) is 0 Å². The molecule has 11 heteroatoms. The predicted octanol–water partition coefficient (Wildman–Crippen LogP) is 17.5. The molecule has 0 radical (unpaired) electrons. The molecule has 4 aromatic carbocycles. The molecule has 0 aromatic heterocycles. The molecular weight excluding hydrogens is 1140 g/mol. The molecule has 0 fully saturated rings. The zero-order valence-electron chi connectivity index (χ0n) is 43.6. The second-order valence-electron chi connectivity index (χ2n) is 19.2. The van der Waals surface area contributed by atoms with Crippen molar-refractivity contribution in [1.29, 1.82) is 0 Å². The van der Waals surface area contributed by atoms with Crippen LogP contribution in [0.15, 0.2) is 188 Å². The Labute approximate surface area is 475 Å². The molecule has 5 aliphatic heterocycles. The number of hydrogen-bond acceptors (Lipinski definition) is 8. The van der Waals surface area contributed by atoms with E-state index in [1.54, 1.807) is 0 Å². The van der Waals surface area contributed by atoms with Crippen LogP contribution in [-0.2, 0) is 0 Å². The van der Waals surface area contributed by atoms with Gasteiger partial charge in [-0.1, -0.05) is 161 Å². The molecule has 0 atom stereocenters. The topological polar surface area (TPSA) is 86.4 Å². The Hall–Kier alpha value is -5.88. The van der Waals surface area contributed by atoms with Crippen LogP contribution in [-0.4, -0.2) is 65.3 Å². The summed E-state index contributed by atoms with van der Waals surface area (Å²) in [5.74, 6) is 3.30. The third-order valence-electron chi connectivity index (χ3n) is 13.6. The number of hydrogen-bond donors (Lipinski definition) is 0. The van der Waals surface area contributed by atoms with Crippen LogP contribution in [0.4, 0.5) is 0 Å². The fraction of sp³-hybridized carbons (Fsp3) is 0.323. The summed E-state index contributed by atoms with van der Waals surface area (Å²) in [5.41, 5.74) is 13.9. The number of alkyl halides is 3. The monoisotopic (exact) mass is 1200 g/mol. The van der Waals surface area contributed by atoms with Crippen LogP contribution < -0.4 is 18.9 Å². The fourth-order valence-corrected chi connectivity index (χ4v) is 10.3. The Bertz CT molecular complexity index is 2990. The third kappa shape index (κ3) is 14.4. The molecule has 4 aromatic rings. The molecule has 0 saturated heterocycles. The standard InChI is InChI=1S/C65H67Br3N4O4/c1-2-3-4-5-6-7-8-9-10-11-42-73-50-23-15-46(16-24-50)62-54-31-33-56(69-54)63(47-17-25-51(26-18-47)74-43-12-39-66)58-35-37-60(71-58)65(49-21-29-53(30-22-49)76-45-14-41-68)61-38-36-59(72-61)64(57-34-32-55(62)70-57)48-19-27-52(28-20-48)75-44-13-40-67/h15-38H,2-14,39-45H2,1H3. The van der Waals surface area contributed by atoms with Gasteiger partial charge in [-0.2, -0.15) is 0 Å². The van der Waals surface area contributed by atoms with E-state index in [2.05, 4.69) is 164 Å². The molecule has 8 nitrogen and oxygen atoms in total. The summed E-state index contributed by atoms with van der Waals surface area (Å²) in [5, 5.41) is 2.65. The SMILES string of the molecule is CCCCCCCCCCCCOc1ccc(C2=C3C=CC(=N3)C(c3ccc(OCCCBr)cc3)=C3C=CC(=N3)C(c3ccc(OCCCBr)cc3)=C3C=CC(=N3)C(c3ccc(OCCCBr)cc3)=C3C=CC2=N3)cc1. The minimum absolute atomic E-state index is 0.628. The van der Waals surface area contributed by atoms with Gasteiger partial charge >= 0.3 is 0 Å². The van der Waals surface area contributed by atoms with Crippen molar-refractivity contribution in [2.75, 3.05) is 42.4 Å². The maximum atomic E-state index is 6.33. The van der Waals surface area contributed by atoms with E-state index in [1.165, 1.54) is 57.8 Å². The molecule has 0 spiro atoms. The van der Waals surface area contributed by atoms with E-state index < -0.39 is 0 Å². The number of nitrogens with zero attached hydrogens (tertiary/aromatic N) is 4. The van der Waals surface area contributed by atoms with Crippen molar-refractivity contribution >= 4 is 92.9 Å². The summed E-state index contributed by atoms with van der Waals surface area (Å²) in [6, 6.07) is 33.2. The van der Waals surface area contributed by atoms with E-state index >= 15 is 0 Å². The maximum Gasteiger partial charge on any atom is 0.119 e. The van der Waals surface area contributed by atoms with Crippen LogP contribution in [0.5, 0.6) is 23.0 Å². The highest BCUT2D eigenvalue weighted by Gasteiger charge is 2.28. The highest BCUT2D eigenvalue weighted by molar-refractivity contribution is 9.09. The van der Waals surface area contributed by atoms with Crippen molar-refractivity contribution in [2.24, 2.45) is 20.0 Å². The molecule has 0 aliphatic carbocycles. The van der Waals surface area contributed by atoms with Crippen LogP contribution in [0.3, 0.4) is 0 Å². The second kappa shape index (κ2) is 28.5. The van der Waals surface area contributed by atoms with Crippen molar-refractivity contribution in [3.8, 4) is 23.0 Å². The smallest absolute Gasteiger partial charge is 0.119 e. The molecular formula is C65H67Br3N4O4. The summed E-state index contributed by atoms with van der Waals surface area (Å²) in [7, 11) is 0. The lowest BCUT2D eigenvalue weighted by molar-refractivity contribution is 0.304. The molecule has 392 valence electrons. The van der Waals surface area contributed by atoms with Gasteiger partial charge in [-0.3, -0.25) is 0 Å². The number of ether oxygens (including phenoxy) is 4. The van der Waals surface area contributed by atoms with Crippen molar-refractivity contribution in [1.82, 2.24) is 0 Å². The zero-order chi connectivity index (χ0) is 52.3. The molecule has 5 heterocycles. The largest absolute Gasteiger partial charge is 0.494 e. The van der Waals surface area contributed by atoms with E-state index in [0.717, 1.165) is 155 Å². The average Bonchev–Trinajstić information content (AvgIpc) is 4.31. The average molecular weight is 1210 g/mol. The summed E-state index contributed by atoms with van der Waals surface area (Å²) >= 11 is 10.6. The second-order valence-corrected chi connectivity index (χ2v) is 21.5. The van der Waals surface area contributed by atoms with Crippen LogP contribution in [0, 0.1) is 0 Å². The quantitative estimate of drug-likeness (QED) is 0.0419. The molecule has 8 bridgehead atoms. The number of benzene rings is 4. The molecule has 76 heavy (non-hydrogen) atoms. The van der Waals surface area contributed by atoms with Crippen molar-refractivity contribution in [3.05, 3.63) is 191 Å². The Morgan fingerprint density at radius 1 is 0.289 bits per heavy atom. The lowest BCUT2D eigenvalue weighted by Gasteiger charge is -2.14. The Balaban J connectivity index is 1.13. The lowest BCUT2D eigenvalue weighted by Crippen LogP contribution is -2.04. The Kier molecular flexibility index (Phi) is 20.6. The molecule has 0 N–H and O–H groups in total. The summed E-state index contributed by atoms with van der Waals surface area (Å²) in [4.78, 5) is 22.0. The Morgan fingerprint density at radius 3 is 0.776 bits per heavy atom. The first-order valence-electron chi connectivity index (χ1n) is 27.2. The minimum atomic E-state index is 0.628. The van der Waals surface area contributed by atoms with Gasteiger partial charge < -0.3 is 18.9 Å². The number of aliphatic imine (C=N–C) groups is 4. The van der Waals surface area contributed by atoms with Crippen LogP contribution in [0.25, 0.3) is 22.3 Å². The van der Waals surface area contributed by atoms with Gasteiger partial charge in [0.25, 0.3) is 0 Å². The summed E-state index contributed by atoms with van der Waals surface area (Å²) < 4.78 is 24.6. The van der Waals surface area contributed by atoms with Gasteiger partial charge in [-0.05, 0) is 145 Å². The van der Waals surface area contributed by atoms with Crippen LogP contribution >= 0.6 is 47.8 Å². The number of halogens is 3. The summed E-state index contributed by atoms with van der Waals surface area (Å²) in [6.07, 6.45) is 32.5. The number of allylic oxidation sites excluding steroid dienone is 12. The number of unbranched alkanes of at least 4 members (excludes halogenated alkanes) is 9. The van der Waals surface area contributed by atoms with Gasteiger partial charge in [-0.15, -0.1) is 0 Å². The van der Waals surface area contributed by atoms with E-state index in [1.807, 2.05) is 36.4 Å². The highest BCUT2D eigenvalue weighted by atomic mass is 79.9. The summed E-state index contributed by atoms with van der Waals surface area (Å²) in [6.45, 7) is 4.86. The number of rotatable bonds is 28. The predicted molar refractivity (Wildman–Crippen MR) is 329 cm³/mol. The van der Waals surface area contributed by atoms with E-state index in [-0.39, 0.29) is 0 Å². The first-order chi connectivity index (χ1) is 37.5. The van der Waals surface area contributed by atoms with E-state index in [9.17, 15) is 0 Å². The van der Waals surface area contributed by atoms with Crippen molar-refractivity contribution in [2.45, 2.75) is 90.4 Å². The molecule has 0 amide bonds. The number of fused-ring (bicyclic) bond motifs is 4. The van der Waals surface area contributed by atoms with Gasteiger partial charge in [0.1, 0.15) is 23.0 Å². The molecule has 0 unspecified atom stereocenters. The highest BCUT2D eigenvalue weighted by Crippen LogP contribution is 2.40. The molecule has 0 saturated carbocycles. The van der Waals surface area contributed by atoms with Gasteiger partial charge in [0.15, 0.2) is 0 Å². The minimum Gasteiger partial charge on any atom is -0.494 e. The first-order valence-corrected chi connectivity index (χ1v) is 30.6. The van der Waals surface area contributed by atoms with Crippen molar-refractivity contribution < 1.29 is 18.9 Å². The Morgan fingerprint density at radius 2 is 0.526 bits per heavy atom. The fourth-order valence-electron chi connectivity index (χ4n) is 9.66. The molecule has 9 rings (SSSR count). The van der Waals surface area contributed by atoms with E-state index in [4.69, 9.17) is 38.9 Å². The zero-order valence-corrected chi connectivity index (χ0v) is 48.3. The molecule has 5 aliphatic rings. The van der Waals surface area contributed by atoms with Gasteiger partial charge in [-0.25, -0.2) is 20.0 Å². The third-order valence-corrected chi connectivity index (χ3v) is 15.3. The van der Waals surface area contributed by atoms with E-state index in [0.29, 0.717) is 26.4 Å². The van der Waals surface area contributed by atoms with Gasteiger partial charge in [0.05, 0.1) is 72.1 Å². The first kappa shape index (κ1) is 54.9. The lowest BCUT2D eigenvalue weighted by atomic mass is 9.98. The van der Waals surface area contributed by atoms with Gasteiger partial charge in [0, 0.05) is 38.3 Å². The van der Waals surface area contributed by atoms with Crippen LogP contribution in [0.1, 0.15) is 113 Å². The van der Waals surface area contributed by atoms with Crippen LogP contribution in [0.2, 0.25) is 0 Å².